The zero-order chi connectivity index (χ0) is 8.36. The second kappa shape index (κ2) is 10.1. The van der Waals surface area contributed by atoms with Gasteiger partial charge in [0.2, 0.25) is 0 Å². The molecule has 0 saturated carbocycles. The molecule has 2 nitrogen and oxygen atoms in total. The summed E-state index contributed by atoms with van der Waals surface area (Å²) >= 11 is 0. The minimum absolute atomic E-state index is 0.854. The Labute approximate surface area is 72.8 Å². The minimum Gasteiger partial charge on any atom is -0.428 e. The van der Waals surface area contributed by atoms with E-state index in [2.05, 4.69) is 6.92 Å². The molecule has 0 unspecified atom stereocenters. The highest BCUT2D eigenvalue weighted by atomic mass is 28.2. The summed E-state index contributed by atoms with van der Waals surface area (Å²) in [4.78, 5) is 0. The molecule has 0 rings (SSSR count). The Kier molecular flexibility index (Phi) is 10.3. The highest BCUT2D eigenvalue weighted by molar-refractivity contribution is 5.97. The van der Waals surface area contributed by atoms with Crippen molar-refractivity contribution >= 4 is 10.5 Å². The van der Waals surface area contributed by atoms with Gasteiger partial charge in [-0.1, -0.05) is 19.8 Å². The molecule has 0 aliphatic carbocycles. The van der Waals surface area contributed by atoms with E-state index in [0.717, 1.165) is 36.7 Å². The van der Waals surface area contributed by atoms with Crippen LogP contribution in [0.15, 0.2) is 0 Å². The lowest BCUT2D eigenvalue weighted by Crippen LogP contribution is -2.00. The molecule has 0 radical (unpaired) electrons. The molecule has 0 fully saturated rings. The molecule has 0 aromatic heterocycles. The van der Waals surface area contributed by atoms with Gasteiger partial charge in [0.05, 0.1) is 0 Å². The Morgan fingerprint density at radius 3 is 2.36 bits per heavy atom. The fraction of sp³-hybridized carbons (Fsp3) is 1.00. The summed E-state index contributed by atoms with van der Waals surface area (Å²) in [6.07, 6.45) is 4.82. The lowest BCUT2D eigenvalue weighted by atomic mass is 10.3. The van der Waals surface area contributed by atoms with Crippen LogP contribution in [0.4, 0.5) is 0 Å². The van der Waals surface area contributed by atoms with Crippen LogP contribution in [0.1, 0.15) is 32.6 Å². The highest BCUT2D eigenvalue weighted by Crippen LogP contribution is 1.94. The standard InChI is InChI=1S/C8H20O2Si/c1-2-3-4-6-9-7-5-8-10-11/h2-8H2,1,11H3. The molecule has 0 amide bonds. The largest absolute Gasteiger partial charge is 0.428 e. The summed E-state index contributed by atoms with van der Waals surface area (Å²) in [5.74, 6) is 0. The third kappa shape index (κ3) is 10.1. The van der Waals surface area contributed by atoms with Crippen LogP contribution in [0.25, 0.3) is 0 Å². The van der Waals surface area contributed by atoms with Crippen molar-refractivity contribution in [2.75, 3.05) is 19.8 Å². The minimum atomic E-state index is 0.854. The third-order valence-corrected chi connectivity index (χ3v) is 1.94. The predicted octanol–water partition coefficient (Wildman–Crippen LogP) is 0.880. The van der Waals surface area contributed by atoms with E-state index in [1.54, 1.807) is 0 Å². The lowest BCUT2D eigenvalue weighted by Gasteiger charge is -2.02. The van der Waals surface area contributed by atoms with E-state index in [1.165, 1.54) is 19.3 Å². The second-order valence-corrected chi connectivity index (χ2v) is 3.24. The molecule has 11 heavy (non-hydrogen) atoms. The average molecular weight is 176 g/mol. The third-order valence-electron chi connectivity index (χ3n) is 1.53. The van der Waals surface area contributed by atoms with Gasteiger partial charge < -0.3 is 9.16 Å². The molecule has 0 atom stereocenters. The maximum absolute atomic E-state index is 5.37. The summed E-state index contributed by atoms with van der Waals surface area (Å²) in [6.45, 7) is 4.87. The molecule has 0 aromatic carbocycles. The monoisotopic (exact) mass is 176 g/mol. The maximum atomic E-state index is 5.37. The Hall–Kier alpha value is 0.137. The topological polar surface area (TPSA) is 18.5 Å². The molecule has 0 aliphatic rings. The summed E-state index contributed by atoms with van der Waals surface area (Å²) < 4.78 is 10.4. The van der Waals surface area contributed by atoms with Crippen LogP contribution in [0.3, 0.4) is 0 Å². The smallest absolute Gasteiger partial charge is 0.145 e. The van der Waals surface area contributed by atoms with E-state index in [0.29, 0.717) is 0 Å². The summed E-state index contributed by atoms with van der Waals surface area (Å²) in [5, 5.41) is 0. The van der Waals surface area contributed by atoms with E-state index in [9.17, 15) is 0 Å². The Bertz CT molecular complexity index is 61.1. The fourth-order valence-corrected chi connectivity index (χ4v) is 1.15. The van der Waals surface area contributed by atoms with Crippen LogP contribution in [-0.2, 0) is 9.16 Å². The number of rotatable bonds is 8. The lowest BCUT2D eigenvalue weighted by molar-refractivity contribution is 0.117. The predicted molar refractivity (Wildman–Crippen MR) is 50.9 cm³/mol. The van der Waals surface area contributed by atoms with Gasteiger partial charge in [0.1, 0.15) is 10.5 Å². The molecule has 0 aromatic rings. The van der Waals surface area contributed by atoms with E-state index < -0.39 is 0 Å². The first-order chi connectivity index (χ1) is 5.41. The Morgan fingerprint density at radius 1 is 1.00 bits per heavy atom. The molecule has 0 aliphatic heterocycles. The van der Waals surface area contributed by atoms with Gasteiger partial charge in [-0.15, -0.1) is 0 Å². The van der Waals surface area contributed by atoms with Crippen LogP contribution >= 0.6 is 0 Å². The molecule has 3 heteroatoms. The van der Waals surface area contributed by atoms with Crippen molar-refractivity contribution in [3.63, 3.8) is 0 Å². The van der Waals surface area contributed by atoms with Crippen LogP contribution in [0, 0.1) is 0 Å². The van der Waals surface area contributed by atoms with Gasteiger partial charge in [0.15, 0.2) is 0 Å². The molecular weight excluding hydrogens is 156 g/mol. The van der Waals surface area contributed by atoms with Crippen LogP contribution in [0.2, 0.25) is 0 Å². The number of unbranched alkanes of at least 4 members (excludes halogenated alkanes) is 2. The van der Waals surface area contributed by atoms with Crippen molar-refractivity contribution in [2.24, 2.45) is 0 Å². The second-order valence-electron chi connectivity index (χ2n) is 2.67. The van der Waals surface area contributed by atoms with Crippen molar-refractivity contribution in [1.29, 1.82) is 0 Å². The van der Waals surface area contributed by atoms with Crippen molar-refractivity contribution in [3.05, 3.63) is 0 Å². The zero-order valence-corrected chi connectivity index (χ0v) is 9.77. The van der Waals surface area contributed by atoms with Gasteiger partial charge in [0, 0.05) is 19.8 Å². The first kappa shape index (κ1) is 11.1. The van der Waals surface area contributed by atoms with Gasteiger partial charge >= 0.3 is 0 Å². The molecule has 0 N–H and O–H groups in total. The SMILES string of the molecule is CCCCCOCCCO[SiH3]. The van der Waals surface area contributed by atoms with E-state index in [-0.39, 0.29) is 0 Å². The molecule has 0 heterocycles. The molecule has 0 spiro atoms. The molecule has 68 valence electrons. The summed E-state index contributed by atoms with van der Waals surface area (Å²) in [5.41, 5.74) is 0. The quantitative estimate of drug-likeness (QED) is 0.404. The highest BCUT2D eigenvalue weighted by Gasteiger charge is 1.87. The van der Waals surface area contributed by atoms with Crippen LogP contribution in [0.5, 0.6) is 0 Å². The summed E-state index contributed by atoms with van der Waals surface area (Å²) in [7, 11) is 0.854. The van der Waals surface area contributed by atoms with E-state index in [4.69, 9.17) is 9.16 Å². The Balaban J connectivity index is 2.69. The fourth-order valence-electron chi connectivity index (χ4n) is 0.862. The van der Waals surface area contributed by atoms with Gasteiger partial charge in [-0.2, -0.15) is 0 Å². The number of hydrogen-bond acceptors (Lipinski definition) is 2. The van der Waals surface area contributed by atoms with Crippen LogP contribution in [-0.4, -0.2) is 30.3 Å². The van der Waals surface area contributed by atoms with Gasteiger partial charge in [0.25, 0.3) is 0 Å². The summed E-state index contributed by atoms with van der Waals surface area (Å²) in [6, 6.07) is 0. The molecule has 0 saturated heterocycles. The zero-order valence-electron chi connectivity index (χ0n) is 7.77. The van der Waals surface area contributed by atoms with E-state index >= 15 is 0 Å². The first-order valence-corrected chi connectivity index (χ1v) is 5.30. The average Bonchev–Trinajstić information content (AvgIpc) is 2.03. The van der Waals surface area contributed by atoms with Crippen LogP contribution < -0.4 is 0 Å². The van der Waals surface area contributed by atoms with Gasteiger partial charge in [-0.3, -0.25) is 0 Å². The van der Waals surface area contributed by atoms with Crippen molar-refractivity contribution in [1.82, 2.24) is 0 Å². The van der Waals surface area contributed by atoms with Crippen molar-refractivity contribution in [3.8, 4) is 0 Å². The first-order valence-electron chi connectivity index (χ1n) is 4.48. The molecular formula is C8H20O2Si. The van der Waals surface area contributed by atoms with Gasteiger partial charge in [-0.25, -0.2) is 0 Å². The maximum Gasteiger partial charge on any atom is 0.145 e. The number of ether oxygens (including phenoxy) is 1. The number of hydrogen-bond donors (Lipinski definition) is 0. The van der Waals surface area contributed by atoms with Crippen molar-refractivity contribution in [2.45, 2.75) is 32.6 Å². The van der Waals surface area contributed by atoms with E-state index in [1.807, 2.05) is 0 Å². The molecule has 0 bridgehead atoms. The van der Waals surface area contributed by atoms with Gasteiger partial charge in [-0.05, 0) is 12.8 Å². The van der Waals surface area contributed by atoms with Crippen molar-refractivity contribution < 1.29 is 9.16 Å². The normalized spacial score (nSPS) is 10.6. The Morgan fingerprint density at radius 2 is 1.73 bits per heavy atom.